The first-order valence-electron chi connectivity index (χ1n) is 10.8. The van der Waals surface area contributed by atoms with Crippen molar-refractivity contribution in [3.63, 3.8) is 0 Å². The summed E-state index contributed by atoms with van der Waals surface area (Å²) in [7, 11) is 2.11. The minimum atomic E-state index is -0.289. The Bertz CT molecular complexity index is 826. The van der Waals surface area contributed by atoms with Gasteiger partial charge in [0.25, 0.3) is 0 Å². The van der Waals surface area contributed by atoms with Crippen LogP contribution >= 0.6 is 0 Å². The van der Waals surface area contributed by atoms with Gasteiger partial charge in [-0.2, -0.15) is 0 Å². The first kappa shape index (κ1) is 22.3. The minimum absolute atomic E-state index is 0.141. The molecule has 6 nitrogen and oxygen atoms in total. The Morgan fingerprint density at radius 1 is 1.20 bits per heavy atom. The molecular formula is C23H33FN4O2. The van der Waals surface area contributed by atoms with E-state index in [2.05, 4.69) is 42.8 Å². The number of rotatable bonds is 8. The van der Waals surface area contributed by atoms with Gasteiger partial charge < -0.3 is 19.2 Å². The van der Waals surface area contributed by atoms with Crippen molar-refractivity contribution in [2.24, 2.45) is 5.92 Å². The van der Waals surface area contributed by atoms with Crippen LogP contribution < -0.4 is 4.90 Å². The Morgan fingerprint density at radius 3 is 2.47 bits per heavy atom. The van der Waals surface area contributed by atoms with Crippen LogP contribution in [-0.4, -0.2) is 60.6 Å². The molecule has 1 amide bonds. The SMILES string of the molecule is CCCN(Cc1c(-c2ccc(F)cc2)noc1N1CCN(C)CC1)C(=O)CC(C)C. The van der Waals surface area contributed by atoms with Crippen LogP contribution in [0, 0.1) is 11.7 Å². The van der Waals surface area contributed by atoms with Crippen LogP contribution in [-0.2, 0) is 11.3 Å². The molecule has 0 spiro atoms. The fourth-order valence-corrected chi connectivity index (χ4v) is 3.77. The van der Waals surface area contributed by atoms with Gasteiger partial charge in [0.1, 0.15) is 11.5 Å². The Kier molecular flexibility index (Phi) is 7.48. The number of carbonyl (C=O) groups is 1. The van der Waals surface area contributed by atoms with Crippen LogP contribution in [0.5, 0.6) is 0 Å². The van der Waals surface area contributed by atoms with Crippen LogP contribution in [0.1, 0.15) is 39.2 Å². The third kappa shape index (κ3) is 5.39. The summed E-state index contributed by atoms with van der Waals surface area (Å²) in [6, 6.07) is 6.28. The van der Waals surface area contributed by atoms with Crippen LogP contribution in [0.2, 0.25) is 0 Å². The van der Waals surface area contributed by atoms with Gasteiger partial charge in [-0.3, -0.25) is 4.79 Å². The molecule has 0 N–H and O–H groups in total. The van der Waals surface area contributed by atoms with Gasteiger partial charge >= 0.3 is 0 Å². The van der Waals surface area contributed by atoms with E-state index in [4.69, 9.17) is 4.52 Å². The molecule has 1 fully saturated rings. The molecular weight excluding hydrogens is 383 g/mol. The Balaban J connectivity index is 1.96. The average Bonchev–Trinajstić information content (AvgIpc) is 3.12. The molecule has 0 bridgehead atoms. The zero-order chi connectivity index (χ0) is 21.7. The molecule has 7 heteroatoms. The highest BCUT2D eigenvalue weighted by atomic mass is 19.1. The van der Waals surface area contributed by atoms with E-state index in [1.165, 1.54) is 12.1 Å². The quantitative estimate of drug-likeness (QED) is 0.651. The third-order valence-corrected chi connectivity index (χ3v) is 5.45. The van der Waals surface area contributed by atoms with E-state index in [-0.39, 0.29) is 11.7 Å². The highest BCUT2D eigenvalue weighted by Gasteiger charge is 2.27. The predicted molar refractivity (Wildman–Crippen MR) is 117 cm³/mol. The molecule has 1 saturated heterocycles. The van der Waals surface area contributed by atoms with Gasteiger partial charge in [0.2, 0.25) is 11.8 Å². The van der Waals surface area contributed by atoms with Gasteiger partial charge in [-0.15, -0.1) is 0 Å². The van der Waals surface area contributed by atoms with E-state index in [9.17, 15) is 9.18 Å². The van der Waals surface area contributed by atoms with Crippen LogP contribution in [0.4, 0.5) is 10.3 Å². The monoisotopic (exact) mass is 416 g/mol. The Morgan fingerprint density at radius 2 is 1.87 bits per heavy atom. The van der Waals surface area contributed by atoms with E-state index < -0.39 is 0 Å². The van der Waals surface area contributed by atoms with Crippen molar-refractivity contribution in [2.45, 2.75) is 40.2 Å². The number of benzene rings is 1. The standard InChI is InChI=1S/C23H33FN4O2/c1-5-10-28(21(29)15-17(2)3)16-20-22(18-6-8-19(24)9-7-18)25-30-23(20)27-13-11-26(4)12-14-27/h6-9,17H,5,10-16H2,1-4H3. The van der Waals surface area contributed by atoms with Gasteiger partial charge in [0, 0.05) is 44.7 Å². The van der Waals surface area contributed by atoms with Crippen molar-refractivity contribution < 1.29 is 13.7 Å². The number of likely N-dealkylation sites (N-methyl/N-ethyl adjacent to an activating group) is 1. The third-order valence-electron chi connectivity index (χ3n) is 5.45. The molecule has 0 unspecified atom stereocenters. The number of anilines is 1. The van der Waals surface area contributed by atoms with E-state index in [1.807, 2.05) is 4.90 Å². The van der Waals surface area contributed by atoms with Crippen LogP contribution in [0.3, 0.4) is 0 Å². The molecule has 0 aliphatic carbocycles. The fraction of sp³-hybridized carbons (Fsp3) is 0.565. The molecule has 1 aromatic heterocycles. The van der Waals surface area contributed by atoms with Gasteiger partial charge in [-0.25, -0.2) is 4.39 Å². The highest BCUT2D eigenvalue weighted by Crippen LogP contribution is 2.33. The molecule has 2 heterocycles. The number of amides is 1. The Labute approximate surface area is 178 Å². The van der Waals surface area contributed by atoms with E-state index in [0.717, 1.165) is 49.6 Å². The number of nitrogens with zero attached hydrogens (tertiary/aromatic N) is 4. The summed E-state index contributed by atoms with van der Waals surface area (Å²) in [5, 5.41) is 4.35. The number of halogens is 1. The molecule has 3 rings (SSSR count). The van der Waals surface area contributed by atoms with Crippen LogP contribution in [0.25, 0.3) is 11.3 Å². The summed E-state index contributed by atoms with van der Waals surface area (Å²) < 4.78 is 19.3. The smallest absolute Gasteiger partial charge is 0.232 e. The van der Waals surface area contributed by atoms with Gasteiger partial charge in [0.05, 0.1) is 12.1 Å². The van der Waals surface area contributed by atoms with E-state index in [1.54, 1.807) is 12.1 Å². The molecule has 0 radical (unpaired) electrons. The number of hydrogen-bond acceptors (Lipinski definition) is 5. The maximum Gasteiger partial charge on any atom is 0.232 e. The maximum atomic E-state index is 13.5. The topological polar surface area (TPSA) is 52.8 Å². The molecule has 2 aromatic rings. The zero-order valence-electron chi connectivity index (χ0n) is 18.5. The molecule has 0 atom stereocenters. The van der Waals surface area contributed by atoms with Gasteiger partial charge in [0.15, 0.2) is 0 Å². The summed E-state index contributed by atoms with van der Waals surface area (Å²) in [5.41, 5.74) is 2.38. The fourth-order valence-electron chi connectivity index (χ4n) is 3.77. The molecule has 1 aromatic carbocycles. The van der Waals surface area contributed by atoms with Gasteiger partial charge in [-0.1, -0.05) is 25.9 Å². The lowest BCUT2D eigenvalue weighted by Gasteiger charge is -2.33. The second kappa shape index (κ2) is 10.1. The van der Waals surface area contributed by atoms with Crippen LogP contribution in [0.15, 0.2) is 28.8 Å². The number of carbonyl (C=O) groups excluding carboxylic acids is 1. The predicted octanol–water partition coefficient (Wildman–Crippen LogP) is 4.02. The molecule has 164 valence electrons. The first-order valence-corrected chi connectivity index (χ1v) is 10.8. The Hall–Kier alpha value is -2.41. The number of aromatic nitrogens is 1. The zero-order valence-corrected chi connectivity index (χ0v) is 18.5. The summed E-state index contributed by atoms with van der Waals surface area (Å²) in [6.07, 6.45) is 1.39. The molecule has 30 heavy (non-hydrogen) atoms. The summed E-state index contributed by atoms with van der Waals surface area (Å²) >= 11 is 0. The largest absolute Gasteiger partial charge is 0.338 e. The second-order valence-corrected chi connectivity index (χ2v) is 8.53. The van der Waals surface area contributed by atoms with E-state index in [0.29, 0.717) is 31.1 Å². The number of piperazine rings is 1. The lowest BCUT2D eigenvalue weighted by Crippen LogP contribution is -2.45. The van der Waals surface area contributed by atoms with Crippen molar-refractivity contribution in [1.29, 1.82) is 0 Å². The van der Waals surface area contributed by atoms with Crippen molar-refractivity contribution in [3.8, 4) is 11.3 Å². The van der Waals surface area contributed by atoms with Crippen molar-refractivity contribution in [1.82, 2.24) is 15.0 Å². The maximum absolute atomic E-state index is 13.5. The second-order valence-electron chi connectivity index (χ2n) is 8.53. The summed E-state index contributed by atoms with van der Waals surface area (Å²) in [6.45, 7) is 10.9. The minimum Gasteiger partial charge on any atom is -0.338 e. The summed E-state index contributed by atoms with van der Waals surface area (Å²) in [4.78, 5) is 19.3. The normalized spacial score (nSPS) is 15.1. The molecule has 0 saturated carbocycles. The van der Waals surface area contributed by atoms with Gasteiger partial charge in [-0.05, 0) is 43.7 Å². The highest BCUT2D eigenvalue weighted by molar-refractivity contribution is 5.77. The number of hydrogen-bond donors (Lipinski definition) is 0. The van der Waals surface area contributed by atoms with Crippen molar-refractivity contribution >= 4 is 11.8 Å². The van der Waals surface area contributed by atoms with Crippen molar-refractivity contribution in [3.05, 3.63) is 35.6 Å². The van der Waals surface area contributed by atoms with E-state index >= 15 is 0 Å². The average molecular weight is 417 g/mol. The first-order chi connectivity index (χ1) is 14.4. The summed E-state index contributed by atoms with van der Waals surface area (Å²) in [5.74, 6) is 0.874. The molecule has 1 aliphatic rings. The lowest BCUT2D eigenvalue weighted by molar-refractivity contribution is -0.132. The molecule has 1 aliphatic heterocycles. The lowest BCUT2D eigenvalue weighted by atomic mass is 10.1. The van der Waals surface area contributed by atoms with Crippen molar-refractivity contribution in [2.75, 3.05) is 44.7 Å².